The standard InChI is InChI=1S/C18H26N4O4S/c19-18-17-14(20-27(24,25)21-18)4-1-5-15(17)26-11-13-3-2-8-22(10-13)16(23)9-12-6-7-12/h1,4-5,12-13,20,24-25H,2-3,6-11H2,(H2,19,21). The number of nitrogens with one attached hydrogen (secondary N) is 1. The summed E-state index contributed by atoms with van der Waals surface area (Å²) in [6.45, 7) is 2.04. The number of amidine groups is 1. The van der Waals surface area contributed by atoms with Gasteiger partial charge in [0.05, 0.1) is 17.9 Å². The van der Waals surface area contributed by atoms with Gasteiger partial charge in [0.15, 0.2) is 5.84 Å². The van der Waals surface area contributed by atoms with Crippen LogP contribution in [0.15, 0.2) is 22.6 Å². The number of carbonyl (C=O) groups is 1. The smallest absolute Gasteiger partial charge is 0.222 e. The SMILES string of the molecule is NC1=NS(O)(O)Nc2cccc(OCC3CCCN(C(=O)CC4CC4)C3)c21. The Morgan fingerprint density at radius 2 is 2.15 bits per heavy atom. The summed E-state index contributed by atoms with van der Waals surface area (Å²) in [7, 11) is -3.31. The maximum absolute atomic E-state index is 12.4. The molecule has 0 spiro atoms. The zero-order valence-corrected chi connectivity index (χ0v) is 16.0. The van der Waals surface area contributed by atoms with Gasteiger partial charge in [-0.25, -0.2) is 0 Å². The molecule has 5 N–H and O–H groups in total. The lowest BCUT2D eigenvalue weighted by Gasteiger charge is -2.34. The molecular formula is C18H26N4O4S. The van der Waals surface area contributed by atoms with Gasteiger partial charge < -0.3 is 15.4 Å². The van der Waals surface area contributed by atoms with Gasteiger partial charge in [-0.1, -0.05) is 6.07 Å². The fourth-order valence-corrected chi connectivity index (χ4v) is 4.56. The number of rotatable bonds is 5. The molecule has 27 heavy (non-hydrogen) atoms. The molecule has 4 rings (SSSR count). The van der Waals surface area contributed by atoms with Crippen molar-refractivity contribution in [3.63, 3.8) is 0 Å². The fraction of sp³-hybridized carbons (Fsp3) is 0.556. The van der Waals surface area contributed by atoms with Crippen LogP contribution in [0.1, 0.15) is 37.7 Å². The van der Waals surface area contributed by atoms with Gasteiger partial charge in [0, 0.05) is 25.4 Å². The van der Waals surface area contributed by atoms with Crippen LogP contribution in [0.3, 0.4) is 0 Å². The zero-order valence-electron chi connectivity index (χ0n) is 15.1. The molecule has 8 nitrogen and oxygen atoms in total. The fourth-order valence-electron chi connectivity index (χ4n) is 3.69. The van der Waals surface area contributed by atoms with E-state index in [1.807, 2.05) is 4.90 Å². The largest absolute Gasteiger partial charge is 0.492 e. The number of amides is 1. The number of nitrogens with two attached hydrogens (primary N) is 1. The van der Waals surface area contributed by atoms with E-state index in [2.05, 4.69) is 9.12 Å². The summed E-state index contributed by atoms with van der Waals surface area (Å²) < 4.78 is 31.8. The van der Waals surface area contributed by atoms with Gasteiger partial charge in [-0.2, -0.15) is 0 Å². The normalized spacial score (nSPS) is 25.0. The van der Waals surface area contributed by atoms with Gasteiger partial charge in [-0.15, -0.1) is 4.40 Å². The molecule has 0 bridgehead atoms. The average Bonchev–Trinajstić information content (AvgIpc) is 3.42. The number of nitrogens with zero attached hydrogens (tertiary/aromatic N) is 2. The van der Waals surface area contributed by atoms with Crippen molar-refractivity contribution in [1.82, 2.24) is 4.90 Å². The van der Waals surface area contributed by atoms with E-state index >= 15 is 0 Å². The van der Waals surface area contributed by atoms with Crippen LogP contribution >= 0.6 is 11.0 Å². The van der Waals surface area contributed by atoms with Crippen LogP contribution in [0.4, 0.5) is 5.69 Å². The lowest BCUT2D eigenvalue weighted by Crippen LogP contribution is -2.41. The molecule has 1 aliphatic carbocycles. The first-order chi connectivity index (χ1) is 12.9. The predicted octanol–water partition coefficient (Wildman–Crippen LogP) is 2.82. The maximum atomic E-state index is 12.4. The second-order valence-corrected chi connectivity index (χ2v) is 9.01. The Kier molecular flexibility index (Phi) is 4.92. The Bertz CT molecular complexity index is 766. The Labute approximate surface area is 160 Å². The summed E-state index contributed by atoms with van der Waals surface area (Å²) >= 11 is 0. The summed E-state index contributed by atoms with van der Waals surface area (Å²) in [4.78, 5) is 14.3. The van der Waals surface area contributed by atoms with Gasteiger partial charge in [0.1, 0.15) is 5.75 Å². The number of anilines is 1. The van der Waals surface area contributed by atoms with Crippen molar-refractivity contribution in [1.29, 1.82) is 0 Å². The highest BCUT2D eigenvalue weighted by Gasteiger charge is 2.30. The van der Waals surface area contributed by atoms with Crippen molar-refractivity contribution in [3.8, 4) is 5.75 Å². The molecule has 148 valence electrons. The molecule has 3 aliphatic rings. The predicted molar refractivity (Wildman–Crippen MR) is 106 cm³/mol. The van der Waals surface area contributed by atoms with Crippen LogP contribution in [-0.2, 0) is 4.79 Å². The Balaban J connectivity index is 1.40. The zero-order chi connectivity index (χ0) is 19.0. The molecule has 1 aromatic carbocycles. The van der Waals surface area contributed by atoms with Crippen LogP contribution in [0.25, 0.3) is 0 Å². The summed E-state index contributed by atoms with van der Waals surface area (Å²) in [5.41, 5.74) is 6.96. The third kappa shape index (κ3) is 4.31. The van der Waals surface area contributed by atoms with Crippen LogP contribution < -0.4 is 15.2 Å². The molecule has 1 saturated heterocycles. The van der Waals surface area contributed by atoms with Crippen molar-refractivity contribution in [3.05, 3.63) is 23.8 Å². The van der Waals surface area contributed by atoms with E-state index in [4.69, 9.17) is 10.5 Å². The molecule has 1 amide bonds. The van der Waals surface area contributed by atoms with Crippen molar-refractivity contribution in [2.45, 2.75) is 32.1 Å². The lowest BCUT2D eigenvalue weighted by atomic mass is 9.98. The first-order valence-electron chi connectivity index (χ1n) is 9.36. The van der Waals surface area contributed by atoms with E-state index in [9.17, 15) is 13.9 Å². The number of hydrogen-bond donors (Lipinski definition) is 4. The molecule has 1 atom stereocenters. The minimum absolute atomic E-state index is 0.0456. The highest BCUT2D eigenvalue weighted by Crippen LogP contribution is 2.46. The van der Waals surface area contributed by atoms with E-state index in [1.165, 1.54) is 12.8 Å². The Morgan fingerprint density at radius 1 is 1.33 bits per heavy atom. The van der Waals surface area contributed by atoms with Crippen LogP contribution in [0, 0.1) is 11.8 Å². The van der Waals surface area contributed by atoms with Gasteiger partial charge in [-0.05, 0) is 54.7 Å². The molecule has 1 aromatic rings. The van der Waals surface area contributed by atoms with Crippen LogP contribution in [-0.4, -0.2) is 45.4 Å². The van der Waals surface area contributed by atoms with E-state index in [-0.39, 0.29) is 17.7 Å². The number of fused-ring (bicyclic) bond motifs is 1. The molecule has 2 aliphatic heterocycles. The van der Waals surface area contributed by atoms with E-state index in [1.54, 1.807) is 18.2 Å². The third-order valence-electron chi connectivity index (χ3n) is 5.26. The quantitative estimate of drug-likeness (QED) is 0.609. The van der Waals surface area contributed by atoms with Crippen molar-refractivity contribution >= 4 is 28.4 Å². The summed E-state index contributed by atoms with van der Waals surface area (Å²) in [6, 6.07) is 5.26. The number of hydrogen-bond acceptors (Lipinski definition) is 7. The number of benzene rings is 1. The first kappa shape index (κ1) is 18.4. The summed E-state index contributed by atoms with van der Waals surface area (Å²) in [6.07, 6.45) is 5.07. The first-order valence-corrected chi connectivity index (χ1v) is 10.9. The van der Waals surface area contributed by atoms with Crippen molar-refractivity contribution in [2.75, 3.05) is 24.4 Å². The number of carbonyl (C=O) groups excluding carboxylic acids is 1. The lowest BCUT2D eigenvalue weighted by molar-refractivity contribution is -0.133. The Hall–Kier alpha value is -1.97. The van der Waals surface area contributed by atoms with E-state index in [0.29, 0.717) is 35.9 Å². The van der Waals surface area contributed by atoms with Gasteiger partial charge in [0.2, 0.25) is 5.91 Å². The molecule has 0 aromatic heterocycles. The highest BCUT2D eigenvalue weighted by molar-refractivity contribution is 8.24. The number of ether oxygens (including phenoxy) is 1. The highest BCUT2D eigenvalue weighted by atomic mass is 32.3. The average molecular weight is 394 g/mol. The minimum atomic E-state index is -3.31. The van der Waals surface area contributed by atoms with Gasteiger partial charge in [-0.3, -0.25) is 18.6 Å². The van der Waals surface area contributed by atoms with Crippen molar-refractivity contribution in [2.24, 2.45) is 22.0 Å². The molecule has 1 unspecified atom stereocenters. The van der Waals surface area contributed by atoms with E-state index in [0.717, 1.165) is 25.9 Å². The maximum Gasteiger partial charge on any atom is 0.222 e. The van der Waals surface area contributed by atoms with Crippen LogP contribution in [0.5, 0.6) is 5.75 Å². The molecule has 0 radical (unpaired) electrons. The van der Waals surface area contributed by atoms with E-state index < -0.39 is 11.0 Å². The topological polar surface area (TPSA) is 120 Å². The number of likely N-dealkylation sites (tertiary alicyclic amines) is 1. The van der Waals surface area contributed by atoms with Crippen LogP contribution in [0.2, 0.25) is 0 Å². The molecule has 2 heterocycles. The van der Waals surface area contributed by atoms with Gasteiger partial charge in [0.25, 0.3) is 0 Å². The summed E-state index contributed by atoms with van der Waals surface area (Å²) in [5, 5.41) is 0. The monoisotopic (exact) mass is 394 g/mol. The summed E-state index contributed by atoms with van der Waals surface area (Å²) in [5.74, 6) is 1.74. The Morgan fingerprint density at radius 3 is 2.93 bits per heavy atom. The molecular weight excluding hydrogens is 368 g/mol. The molecule has 1 saturated carbocycles. The minimum Gasteiger partial charge on any atom is -0.492 e. The number of piperidine rings is 1. The third-order valence-corrected chi connectivity index (χ3v) is 6.21. The second kappa shape index (κ2) is 7.21. The second-order valence-electron chi connectivity index (χ2n) is 7.58. The molecule has 9 heteroatoms. The van der Waals surface area contributed by atoms with Gasteiger partial charge >= 0.3 is 0 Å². The van der Waals surface area contributed by atoms with Crippen molar-refractivity contribution < 1.29 is 18.6 Å². The molecule has 2 fully saturated rings.